The lowest BCUT2D eigenvalue weighted by Gasteiger charge is -2.36. The number of rotatable bonds is 3. The maximum Gasteiger partial charge on any atom is 0.231 e. The lowest BCUT2D eigenvalue weighted by molar-refractivity contribution is 0.257. The van der Waals surface area contributed by atoms with Gasteiger partial charge in [-0.3, -0.25) is 0 Å². The number of hydrogen-bond acceptors (Lipinski definition) is 6. The molecule has 0 aromatic carbocycles. The van der Waals surface area contributed by atoms with Gasteiger partial charge < -0.3 is 15.1 Å². The highest BCUT2D eigenvalue weighted by Gasteiger charge is 2.23. The Morgan fingerprint density at radius 1 is 1.33 bits per heavy atom. The summed E-state index contributed by atoms with van der Waals surface area (Å²) in [5.74, 6) is 1.17. The van der Waals surface area contributed by atoms with Crippen molar-refractivity contribution in [2.75, 3.05) is 44.4 Å². The van der Waals surface area contributed by atoms with E-state index in [9.17, 15) is 0 Å². The second-order valence-corrected chi connectivity index (χ2v) is 5.02. The van der Waals surface area contributed by atoms with Gasteiger partial charge >= 0.3 is 0 Å². The van der Waals surface area contributed by atoms with Crippen LogP contribution in [0.15, 0.2) is 0 Å². The van der Waals surface area contributed by atoms with Crippen LogP contribution >= 0.6 is 11.6 Å². The molecule has 1 N–H and O–H groups in total. The maximum absolute atomic E-state index is 5.91. The lowest BCUT2D eigenvalue weighted by atomic mass is 10.1. The molecule has 18 heavy (non-hydrogen) atoms. The number of nitrogens with one attached hydrogen (secondary N) is 1. The summed E-state index contributed by atoms with van der Waals surface area (Å²) in [5, 5.41) is 3.13. The lowest BCUT2D eigenvalue weighted by Crippen LogP contribution is -2.45. The molecule has 1 atom stereocenters. The molecule has 2 heterocycles. The minimum atomic E-state index is 0.233. The van der Waals surface area contributed by atoms with E-state index in [2.05, 4.69) is 44.2 Å². The number of nitrogens with zero attached hydrogens (tertiary/aromatic N) is 5. The van der Waals surface area contributed by atoms with Crippen molar-refractivity contribution in [2.24, 2.45) is 0 Å². The molecule has 0 spiro atoms. The molecule has 1 aliphatic rings. The molecule has 1 saturated heterocycles. The van der Waals surface area contributed by atoms with Crippen LogP contribution in [-0.2, 0) is 0 Å². The fourth-order valence-electron chi connectivity index (χ4n) is 2.15. The van der Waals surface area contributed by atoms with Gasteiger partial charge in [0, 0.05) is 26.2 Å². The van der Waals surface area contributed by atoms with Crippen LogP contribution in [0.4, 0.5) is 11.9 Å². The minimum Gasteiger partial charge on any atom is -0.357 e. The van der Waals surface area contributed by atoms with Gasteiger partial charge in [-0.2, -0.15) is 15.0 Å². The largest absolute Gasteiger partial charge is 0.357 e. The van der Waals surface area contributed by atoms with Crippen molar-refractivity contribution in [3.05, 3.63) is 5.28 Å². The van der Waals surface area contributed by atoms with Crippen molar-refractivity contribution in [2.45, 2.75) is 18.9 Å². The molecular formula is C11H19ClN6. The van der Waals surface area contributed by atoms with Crippen LogP contribution in [0, 0.1) is 0 Å². The Bertz CT molecular complexity index is 411. The summed E-state index contributed by atoms with van der Waals surface area (Å²) in [4.78, 5) is 17.0. The summed E-state index contributed by atoms with van der Waals surface area (Å²) in [7, 11) is 5.98. The van der Waals surface area contributed by atoms with Crippen LogP contribution in [0.25, 0.3) is 0 Å². The Hall–Kier alpha value is -1.14. The van der Waals surface area contributed by atoms with Crippen LogP contribution < -0.4 is 10.2 Å². The normalized spacial score (nSPS) is 20.3. The zero-order valence-electron chi connectivity index (χ0n) is 11.0. The average Bonchev–Trinajstić information content (AvgIpc) is 2.38. The molecule has 1 aromatic heterocycles. The van der Waals surface area contributed by atoms with E-state index in [1.54, 1.807) is 7.05 Å². The highest BCUT2D eigenvalue weighted by molar-refractivity contribution is 6.28. The summed E-state index contributed by atoms with van der Waals surface area (Å²) in [6.45, 7) is 1.89. The first kappa shape index (κ1) is 13.3. The highest BCUT2D eigenvalue weighted by Crippen LogP contribution is 2.20. The van der Waals surface area contributed by atoms with E-state index in [-0.39, 0.29) is 5.28 Å². The van der Waals surface area contributed by atoms with Gasteiger partial charge in [-0.1, -0.05) is 0 Å². The molecule has 1 aliphatic heterocycles. The van der Waals surface area contributed by atoms with E-state index in [1.165, 1.54) is 6.42 Å². The van der Waals surface area contributed by atoms with Gasteiger partial charge in [-0.05, 0) is 38.5 Å². The van der Waals surface area contributed by atoms with Crippen LogP contribution in [-0.4, -0.2) is 60.1 Å². The fourth-order valence-corrected chi connectivity index (χ4v) is 2.31. The van der Waals surface area contributed by atoms with Crippen molar-refractivity contribution in [3.63, 3.8) is 0 Å². The Morgan fingerprint density at radius 2 is 2.11 bits per heavy atom. The van der Waals surface area contributed by atoms with E-state index >= 15 is 0 Å². The highest BCUT2D eigenvalue weighted by atomic mass is 35.5. The Balaban J connectivity index is 2.17. The molecule has 0 amide bonds. The number of aromatic nitrogens is 3. The Morgan fingerprint density at radius 3 is 2.78 bits per heavy atom. The zero-order chi connectivity index (χ0) is 13.1. The molecule has 0 bridgehead atoms. The predicted octanol–water partition coefficient (Wildman–Crippen LogP) is 1.10. The van der Waals surface area contributed by atoms with Gasteiger partial charge in [-0.25, -0.2) is 0 Å². The third-order valence-electron chi connectivity index (χ3n) is 3.23. The molecule has 1 unspecified atom stereocenters. The Kier molecular flexibility index (Phi) is 4.19. The monoisotopic (exact) mass is 270 g/mol. The zero-order valence-corrected chi connectivity index (χ0v) is 11.8. The molecule has 0 aliphatic carbocycles. The van der Waals surface area contributed by atoms with E-state index in [4.69, 9.17) is 11.6 Å². The van der Waals surface area contributed by atoms with E-state index < -0.39 is 0 Å². The van der Waals surface area contributed by atoms with Gasteiger partial charge in [0.2, 0.25) is 17.2 Å². The molecule has 6 nitrogen and oxygen atoms in total. The van der Waals surface area contributed by atoms with Crippen molar-refractivity contribution in [1.29, 1.82) is 0 Å². The summed E-state index contributed by atoms with van der Waals surface area (Å²) in [6.07, 6.45) is 2.35. The molecular weight excluding hydrogens is 252 g/mol. The van der Waals surface area contributed by atoms with Gasteiger partial charge in [0.05, 0.1) is 0 Å². The molecule has 1 aromatic rings. The van der Waals surface area contributed by atoms with Crippen molar-refractivity contribution < 1.29 is 0 Å². The van der Waals surface area contributed by atoms with E-state index in [0.29, 0.717) is 17.9 Å². The van der Waals surface area contributed by atoms with E-state index in [0.717, 1.165) is 19.5 Å². The summed E-state index contributed by atoms with van der Waals surface area (Å²) < 4.78 is 0. The van der Waals surface area contributed by atoms with Gasteiger partial charge in [0.15, 0.2) is 0 Å². The SMILES string of the molecule is CNc1nc(Cl)nc(N2CCCC(N(C)C)C2)n1. The molecule has 1 fully saturated rings. The average molecular weight is 271 g/mol. The summed E-state index contributed by atoms with van der Waals surface area (Å²) >= 11 is 5.91. The van der Waals surface area contributed by atoms with Crippen molar-refractivity contribution in [3.8, 4) is 0 Å². The van der Waals surface area contributed by atoms with Crippen molar-refractivity contribution in [1.82, 2.24) is 19.9 Å². The molecule has 0 radical (unpaired) electrons. The third-order valence-corrected chi connectivity index (χ3v) is 3.40. The van der Waals surface area contributed by atoms with Crippen LogP contribution in [0.2, 0.25) is 5.28 Å². The quantitative estimate of drug-likeness (QED) is 0.888. The number of anilines is 2. The Labute approximate surface area is 112 Å². The van der Waals surface area contributed by atoms with Gasteiger partial charge in [0.25, 0.3) is 0 Å². The van der Waals surface area contributed by atoms with E-state index in [1.807, 2.05) is 0 Å². The summed E-state index contributed by atoms with van der Waals surface area (Å²) in [5.41, 5.74) is 0. The first-order chi connectivity index (χ1) is 8.60. The number of halogens is 1. The first-order valence-corrected chi connectivity index (χ1v) is 6.48. The van der Waals surface area contributed by atoms with Crippen LogP contribution in [0.3, 0.4) is 0 Å². The van der Waals surface area contributed by atoms with Gasteiger partial charge in [0.1, 0.15) is 0 Å². The number of hydrogen-bond donors (Lipinski definition) is 1. The molecule has 2 rings (SSSR count). The minimum absolute atomic E-state index is 0.233. The van der Waals surface area contributed by atoms with Gasteiger partial charge in [-0.15, -0.1) is 0 Å². The third kappa shape index (κ3) is 3.00. The molecule has 0 saturated carbocycles. The van der Waals surface area contributed by atoms with Crippen molar-refractivity contribution >= 4 is 23.5 Å². The second-order valence-electron chi connectivity index (χ2n) is 4.68. The maximum atomic E-state index is 5.91. The summed E-state index contributed by atoms with van der Waals surface area (Å²) in [6, 6.07) is 0.535. The van der Waals surface area contributed by atoms with Crippen LogP contribution in [0.1, 0.15) is 12.8 Å². The molecule has 100 valence electrons. The standard InChI is InChI=1S/C11H19ClN6/c1-13-10-14-9(12)15-11(16-10)18-6-4-5-8(7-18)17(2)3/h8H,4-7H2,1-3H3,(H,13,14,15,16). The smallest absolute Gasteiger partial charge is 0.231 e. The predicted molar refractivity (Wildman–Crippen MR) is 73.3 cm³/mol. The topological polar surface area (TPSA) is 57.2 Å². The second kappa shape index (κ2) is 5.67. The fraction of sp³-hybridized carbons (Fsp3) is 0.727. The first-order valence-electron chi connectivity index (χ1n) is 6.11. The number of piperidine rings is 1. The van der Waals surface area contributed by atoms with Crippen LogP contribution in [0.5, 0.6) is 0 Å². The molecule has 7 heteroatoms. The number of likely N-dealkylation sites (N-methyl/N-ethyl adjacent to an activating group) is 1.